The number of nitrogens with one attached hydrogen (secondary N) is 1. The minimum atomic E-state index is -0.832. The topological polar surface area (TPSA) is 73.9 Å². The van der Waals surface area contributed by atoms with Crippen LogP contribution in [0.2, 0.25) is 0 Å². The van der Waals surface area contributed by atoms with E-state index in [2.05, 4.69) is 5.32 Å². The van der Waals surface area contributed by atoms with Crippen LogP contribution in [-0.2, 0) is 9.53 Å². The number of carbonyl (C=O) groups is 2. The predicted molar refractivity (Wildman–Crippen MR) is 98.7 cm³/mol. The zero-order valence-electron chi connectivity index (χ0n) is 15.6. The van der Waals surface area contributed by atoms with E-state index in [1.807, 2.05) is 6.92 Å². The molecule has 0 aliphatic rings. The Kier molecular flexibility index (Phi) is 7.74. The lowest BCUT2D eigenvalue weighted by Crippen LogP contribution is -2.21. The highest BCUT2D eigenvalue weighted by Gasteiger charge is 2.15. The maximum absolute atomic E-state index is 13.1. The molecule has 0 bridgehead atoms. The Bertz CT molecular complexity index is 821. The highest BCUT2D eigenvalue weighted by molar-refractivity contribution is 5.95. The maximum atomic E-state index is 13.1. The average Bonchev–Trinajstić information content (AvgIpc) is 2.64. The Labute approximate surface area is 161 Å². The lowest BCUT2D eigenvalue weighted by Gasteiger charge is -2.13. The van der Waals surface area contributed by atoms with Crippen molar-refractivity contribution in [3.8, 4) is 11.5 Å². The molecule has 0 aliphatic heterocycles. The van der Waals surface area contributed by atoms with Gasteiger partial charge in [-0.3, -0.25) is 4.79 Å². The van der Waals surface area contributed by atoms with E-state index in [4.69, 9.17) is 14.2 Å². The molecule has 6 nitrogen and oxygen atoms in total. The summed E-state index contributed by atoms with van der Waals surface area (Å²) in [5.74, 6) is -2.24. The molecule has 0 saturated carbocycles. The highest BCUT2D eigenvalue weighted by atomic mass is 19.1. The van der Waals surface area contributed by atoms with Crippen LogP contribution in [0.25, 0.3) is 0 Å². The molecule has 1 amide bonds. The SMILES string of the molecule is CCCOc1ccc(C(=O)OCC(=O)Nc2cc(F)cc(F)c2)cc1OCC. The first-order valence-corrected chi connectivity index (χ1v) is 8.75. The van der Waals surface area contributed by atoms with Crippen molar-refractivity contribution in [3.63, 3.8) is 0 Å². The van der Waals surface area contributed by atoms with Gasteiger partial charge in [0.1, 0.15) is 11.6 Å². The number of hydrogen-bond acceptors (Lipinski definition) is 5. The Morgan fingerprint density at radius 2 is 1.68 bits per heavy atom. The molecule has 0 aromatic heterocycles. The van der Waals surface area contributed by atoms with Gasteiger partial charge in [0.15, 0.2) is 18.1 Å². The average molecular weight is 393 g/mol. The van der Waals surface area contributed by atoms with E-state index in [-0.39, 0.29) is 11.3 Å². The van der Waals surface area contributed by atoms with E-state index in [0.29, 0.717) is 30.8 Å². The Balaban J connectivity index is 1.97. The van der Waals surface area contributed by atoms with Crippen LogP contribution in [0, 0.1) is 11.6 Å². The molecule has 8 heteroatoms. The standard InChI is InChI=1S/C20H21F2NO5/c1-3-7-27-17-6-5-13(8-18(17)26-4-2)20(25)28-12-19(24)23-16-10-14(21)9-15(22)11-16/h5-6,8-11H,3-4,7,12H2,1-2H3,(H,23,24). The summed E-state index contributed by atoms with van der Waals surface area (Å²) in [6, 6.07) is 7.14. The summed E-state index contributed by atoms with van der Waals surface area (Å²) in [6.07, 6.45) is 0.819. The molecule has 0 heterocycles. The second kappa shape index (κ2) is 10.2. The van der Waals surface area contributed by atoms with Crippen LogP contribution in [0.5, 0.6) is 11.5 Å². The summed E-state index contributed by atoms with van der Waals surface area (Å²) in [5.41, 5.74) is 0.103. The van der Waals surface area contributed by atoms with Crippen molar-refractivity contribution >= 4 is 17.6 Å². The molecule has 150 valence electrons. The molecule has 2 aromatic carbocycles. The molecule has 0 saturated heterocycles. The van der Waals surface area contributed by atoms with E-state index < -0.39 is 30.1 Å². The van der Waals surface area contributed by atoms with Crippen molar-refractivity contribution in [2.75, 3.05) is 25.1 Å². The van der Waals surface area contributed by atoms with Gasteiger partial charge < -0.3 is 19.5 Å². The number of esters is 1. The molecule has 28 heavy (non-hydrogen) atoms. The summed E-state index contributed by atoms with van der Waals surface area (Å²) in [5, 5.41) is 2.25. The van der Waals surface area contributed by atoms with E-state index in [9.17, 15) is 18.4 Å². The van der Waals surface area contributed by atoms with Gasteiger partial charge in [0.25, 0.3) is 5.91 Å². The monoisotopic (exact) mass is 393 g/mol. The van der Waals surface area contributed by atoms with Crippen molar-refractivity contribution in [1.82, 2.24) is 0 Å². The molecule has 0 unspecified atom stereocenters. The number of amides is 1. The summed E-state index contributed by atoms with van der Waals surface area (Å²) >= 11 is 0. The third kappa shape index (κ3) is 6.22. The zero-order valence-corrected chi connectivity index (χ0v) is 15.6. The molecule has 2 rings (SSSR count). The fourth-order valence-corrected chi connectivity index (χ4v) is 2.27. The van der Waals surface area contributed by atoms with Crippen molar-refractivity contribution in [1.29, 1.82) is 0 Å². The van der Waals surface area contributed by atoms with E-state index >= 15 is 0 Å². The fraction of sp³-hybridized carbons (Fsp3) is 0.300. The van der Waals surface area contributed by atoms with Gasteiger partial charge >= 0.3 is 5.97 Å². The molecule has 0 spiro atoms. The van der Waals surface area contributed by atoms with Crippen LogP contribution in [0.1, 0.15) is 30.6 Å². The van der Waals surface area contributed by atoms with Crippen molar-refractivity contribution in [2.24, 2.45) is 0 Å². The molecule has 0 atom stereocenters. The molecule has 0 fully saturated rings. The van der Waals surface area contributed by atoms with Crippen LogP contribution < -0.4 is 14.8 Å². The molecule has 0 aliphatic carbocycles. The summed E-state index contributed by atoms with van der Waals surface area (Å²) in [4.78, 5) is 24.0. The van der Waals surface area contributed by atoms with Gasteiger partial charge in [-0.05, 0) is 43.7 Å². The Hall–Kier alpha value is -3.16. The number of hydrogen-bond donors (Lipinski definition) is 1. The normalized spacial score (nSPS) is 10.3. The number of anilines is 1. The van der Waals surface area contributed by atoms with Crippen LogP contribution >= 0.6 is 0 Å². The van der Waals surface area contributed by atoms with Gasteiger partial charge in [-0.25, -0.2) is 13.6 Å². The van der Waals surface area contributed by atoms with E-state index in [1.165, 1.54) is 12.1 Å². The summed E-state index contributed by atoms with van der Waals surface area (Å²) < 4.78 is 42.2. The lowest BCUT2D eigenvalue weighted by molar-refractivity contribution is -0.119. The smallest absolute Gasteiger partial charge is 0.338 e. The number of halogens is 2. The minimum absolute atomic E-state index is 0.0744. The second-order valence-corrected chi connectivity index (χ2v) is 5.73. The van der Waals surface area contributed by atoms with Gasteiger partial charge in [0, 0.05) is 11.8 Å². The Morgan fingerprint density at radius 1 is 0.964 bits per heavy atom. The molecule has 1 N–H and O–H groups in total. The minimum Gasteiger partial charge on any atom is -0.490 e. The quantitative estimate of drug-likeness (QED) is 0.653. The first-order chi connectivity index (χ1) is 13.4. The van der Waals surface area contributed by atoms with Crippen LogP contribution in [0.3, 0.4) is 0 Å². The van der Waals surface area contributed by atoms with Gasteiger partial charge in [0.2, 0.25) is 0 Å². The number of benzene rings is 2. The second-order valence-electron chi connectivity index (χ2n) is 5.73. The number of ether oxygens (including phenoxy) is 3. The lowest BCUT2D eigenvalue weighted by atomic mass is 10.2. The van der Waals surface area contributed by atoms with Crippen LogP contribution in [0.15, 0.2) is 36.4 Å². The third-order valence-corrected chi connectivity index (χ3v) is 3.42. The highest BCUT2D eigenvalue weighted by Crippen LogP contribution is 2.29. The number of rotatable bonds is 9. The van der Waals surface area contributed by atoms with Crippen molar-refractivity contribution < 1.29 is 32.6 Å². The summed E-state index contributed by atoms with van der Waals surface area (Å²) in [7, 11) is 0. The number of carbonyl (C=O) groups excluding carboxylic acids is 2. The molecular weight excluding hydrogens is 372 g/mol. The largest absolute Gasteiger partial charge is 0.490 e. The first-order valence-electron chi connectivity index (χ1n) is 8.75. The van der Waals surface area contributed by atoms with Gasteiger partial charge in [-0.15, -0.1) is 0 Å². The first kappa shape index (κ1) is 21.1. The van der Waals surface area contributed by atoms with Crippen molar-refractivity contribution in [2.45, 2.75) is 20.3 Å². The van der Waals surface area contributed by atoms with Crippen LogP contribution in [0.4, 0.5) is 14.5 Å². The zero-order chi connectivity index (χ0) is 20.5. The van der Waals surface area contributed by atoms with Crippen molar-refractivity contribution in [3.05, 3.63) is 53.6 Å². The Morgan fingerprint density at radius 3 is 2.32 bits per heavy atom. The molecular formula is C20H21F2NO5. The third-order valence-electron chi connectivity index (χ3n) is 3.42. The van der Waals surface area contributed by atoms with E-state index in [0.717, 1.165) is 18.6 Å². The predicted octanol–water partition coefficient (Wildman–Crippen LogP) is 3.95. The van der Waals surface area contributed by atoms with Gasteiger partial charge in [0.05, 0.1) is 18.8 Å². The van der Waals surface area contributed by atoms with Gasteiger partial charge in [-0.2, -0.15) is 0 Å². The van der Waals surface area contributed by atoms with Crippen LogP contribution in [-0.4, -0.2) is 31.7 Å². The van der Waals surface area contributed by atoms with Gasteiger partial charge in [-0.1, -0.05) is 6.92 Å². The summed E-state index contributed by atoms with van der Waals surface area (Å²) in [6.45, 7) is 4.04. The molecule has 2 aromatic rings. The van der Waals surface area contributed by atoms with E-state index in [1.54, 1.807) is 13.0 Å². The maximum Gasteiger partial charge on any atom is 0.338 e. The molecule has 0 radical (unpaired) electrons. The fourth-order valence-electron chi connectivity index (χ4n) is 2.27.